The fraction of sp³-hybridized carbons (Fsp3) is 0.441. The number of nitrogens with zero attached hydrogens (tertiary/aromatic N) is 1. The number of fused-ring (bicyclic) bond motifs is 2. The number of rotatable bonds is 8. The SMILES string of the molecule is CC[C@H](C)[C@H](CO)N1C(=O)[C@@H]2[C@H](C(=O)Nc3ccccc3)[C@@]3(C)OC2(CC3C)C1C(=O)Nc1ccc2ccccc2c1. The predicted molar refractivity (Wildman–Crippen MR) is 162 cm³/mol. The summed E-state index contributed by atoms with van der Waals surface area (Å²) < 4.78 is 6.84. The molecule has 3 aliphatic heterocycles. The first-order chi connectivity index (χ1) is 20.1. The largest absolute Gasteiger partial charge is 0.394 e. The molecular formula is C34H39N3O5. The molecule has 0 radical (unpaired) electrons. The van der Waals surface area contributed by atoms with Gasteiger partial charge in [-0.05, 0) is 60.2 Å². The van der Waals surface area contributed by atoms with Gasteiger partial charge in [0.05, 0.1) is 30.1 Å². The van der Waals surface area contributed by atoms with Crippen LogP contribution in [0.5, 0.6) is 0 Å². The van der Waals surface area contributed by atoms with Crippen LogP contribution in [0.3, 0.4) is 0 Å². The molecule has 3 heterocycles. The first-order valence-electron chi connectivity index (χ1n) is 14.9. The lowest BCUT2D eigenvalue weighted by molar-refractivity contribution is -0.149. The number of anilines is 2. The summed E-state index contributed by atoms with van der Waals surface area (Å²) in [4.78, 5) is 44.4. The highest BCUT2D eigenvalue weighted by molar-refractivity contribution is 6.06. The molecule has 3 amide bonds. The zero-order chi connectivity index (χ0) is 29.8. The Morgan fingerprint density at radius 1 is 1.00 bits per heavy atom. The molecule has 0 saturated carbocycles. The van der Waals surface area contributed by atoms with Crippen LogP contribution in [0, 0.1) is 23.7 Å². The first-order valence-corrected chi connectivity index (χ1v) is 14.9. The van der Waals surface area contributed by atoms with Crippen LogP contribution >= 0.6 is 0 Å². The van der Waals surface area contributed by atoms with Crippen LogP contribution < -0.4 is 10.6 Å². The average Bonchev–Trinajstić information content (AvgIpc) is 3.50. The van der Waals surface area contributed by atoms with E-state index in [1.807, 2.05) is 88.4 Å². The third-order valence-corrected chi connectivity index (χ3v) is 10.2. The van der Waals surface area contributed by atoms with Crippen LogP contribution in [-0.4, -0.2) is 57.6 Å². The Labute approximate surface area is 246 Å². The van der Waals surface area contributed by atoms with Gasteiger partial charge in [-0.3, -0.25) is 14.4 Å². The smallest absolute Gasteiger partial charge is 0.250 e. The summed E-state index contributed by atoms with van der Waals surface area (Å²) in [6, 6.07) is 21.2. The molecule has 3 unspecified atom stereocenters. The van der Waals surface area contributed by atoms with Crippen molar-refractivity contribution in [1.82, 2.24) is 4.90 Å². The number of carbonyl (C=O) groups excluding carboxylic acids is 3. The molecule has 3 saturated heterocycles. The fourth-order valence-electron chi connectivity index (χ4n) is 7.77. The standard InChI is InChI=1S/C34H39N3O5/c1-5-20(2)26(19-38)37-29(31(40)36-25-16-15-22-11-9-10-12-23(22)17-25)34-18-21(3)33(4,42-34)27(28(34)32(37)41)30(39)35-24-13-7-6-8-14-24/h6-17,20-21,26-29,38H,5,18-19H2,1-4H3,(H,35,39)(H,36,40)/t20-,21?,26-,27+,28-,29?,33-,34?/m0/s1. The maximum absolute atomic E-state index is 14.5. The second kappa shape index (κ2) is 10.5. The van der Waals surface area contributed by atoms with Crippen molar-refractivity contribution in [2.45, 2.75) is 63.8 Å². The minimum absolute atomic E-state index is 0.0769. The number of likely N-dealkylation sites (tertiary alicyclic amines) is 1. The Bertz CT molecular complexity index is 1530. The van der Waals surface area contributed by atoms with Gasteiger partial charge in [-0.2, -0.15) is 0 Å². The van der Waals surface area contributed by atoms with Crippen molar-refractivity contribution in [2.24, 2.45) is 23.7 Å². The molecule has 220 valence electrons. The van der Waals surface area contributed by atoms with E-state index in [1.54, 1.807) is 17.0 Å². The van der Waals surface area contributed by atoms with Crippen LogP contribution in [0.1, 0.15) is 40.5 Å². The summed E-state index contributed by atoms with van der Waals surface area (Å²) in [5.74, 6) is -2.79. The van der Waals surface area contributed by atoms with Crippen molar-refractivity contribution in [3.8, 4) is 0 Å². The maximum Gasteiger partial charge on any atom is 0.250 e. The quantitative estimate of drug-likeness (QED) is 0.360. The normalized spacial score (nSPS) is 31.2. The Hall–Kier alpha value is -3.75. The molecular weight excluding hydrogens is 530 g/mol. The summed E-state index contributed by atoms with van der Waals surface area (Å²) in [5, 5.41) is 18.7. The number of para-hydroxylation sites is 1. The number of nitrogens with one attached hydrogen (secondary N) is 2. The summed E-state index contributed by atoms with van der Waals surface area (Å²) in [6.45, 7) is 7.60. The van der Waals surface area contributed by atoms with Gasteiger partial charge in [0.1, 0.15) is 11.6 Å². The van der Waals surface area contributed by atoms with E-state index in [9.17, 15) is 19.5 Å². The Morgan fingerprint density at radius 2 is 1.67 bits per heavy atom. The van der Waals surface area contributed by atoms with Crippen molar-refractivity contribution >= 4 is 39.9 Å². The number of aliphatic hydroxyl groups excluding tert-OH is 1. The van der Waals surface area contributed by atoms with Gasteiger partial charge in [0.2, 0.25) is 17.7 Å². The van der Waals surface area contributed by atoms with E-state index in [0.29, 0.717) is 24.2 Å². The molecule has 1 spiro atoms. The molecule has 3 N–H and O–H groups in total. The second-order valence-corrected chi connectivity index (χ2v) is 12.5. The van der Waals surface area contributed by atoms with Gasteiger partial charge < -0.3 is 25.4 Å². The summed E-state index contributed by atoms with van der Waals surface area (Å²) in [5.41, 5.74) is -0.889. The number of hydrogen-bond donors (Lipinski definition) is 3. The van der Waals surface area contributed by atoms with Crippen molar-refractivity contribution in [1.29, 1.82) is 0 Å². The third kappa shape index (κ3) is 4.23. The Balaban J connectivity index is 1.42. The summed E-state index contributed by atoms with van der Waals surface area (Å²) >= 11 is 0. The first kappa shape index (κ1) is 28.4. The van der Waals surface area contributed by atoms with Gasteiger partial charge >= 0.3 is 0 Å². The summed E-state index contributed by atoms with van der Waals surface area (Å²) in [7, 11) is 0. The molecule has 8 heteroatoms. The molecule has 3 aromatic carbocycles. The van der Waals surface area contributed by atoms with E-state index < -0.39 is 35.1 Å². The molecule has 42 heavy (non-hydrogen) atoms. The van der Waals surface area contributed by atoms with E-state index in [0.717, 1.165) is 10.8 Å². The highest BCUT2D eigenvalue weighted by Crippen LogP contribution is 2.65. The van der Waals surface area contributed by atoms with Gasteiger partial charge in [-0.15, -0.1) is 0 Å². The van der Waals surface area contributed by atoms with Crippen molar-refractivity contribution in [3.05, 3.63) is 72.8 Å². The topological polar surface area (TPSA) is 108 Å². The van der Waals surface area contributed by atoms with Crippen LogP contribution in [0.2, 0.25) is 0 Å². The third-order valence-electron chi connectivity index (χ3n) is 10.2. The molecule has 3 aromatic rings. The van der Waals surface area contributed by atoms with Crippen LogP contribution in [0.15, 0.2) is 72.8 Å². The molecule has 0 aromatic heterocycles. The fourth-order valence-corrected chi connectivity index (χ4v) is 7.77. The highest BCUT2D eigenvalue weighted by Gasteiger charge is 2.80. The number of benzene rings is 3. The van der Waals surface area contributed by atoms with Gasteiger partial charge in [0, 0.05) is 11.4 Å². The second-order valence-electron chi connectivity index (χ2n) is 12.5. The van der Waals surface area contributed by atoms with Gasteiger partial charge in [0.15, 0.2) is 0 Å². The number of amides is 3. The molecule has 3 aliphatic rings. The predicted octanol–water partition coefficient (Wildman–Crippen LogP) is 4.83. The zero-order valence-corrected chi connectivity index (χ0v) is 24.5. The van der Waals surface area contributed by atoms with Gasteiger partial charge in [-0.25, -0.2) is 0 Å². The van der Waals surface area contributed by atoms with E-state index in [2.05, 4.69) is 10.6 Å². The number of ether oxygens (including phenoxy) is 1. The zero-order valence-electron chi connectivity index (χ0n) is 24.5. The van der Waals surface area contributed by atoms with Crippen molar-refractivity contribution < 1.29 is 24.2 Å². The van der Waals surface area contributed by atoms with E-state index in [-0.39, 0.29) is 36.2 Å². The maximum atomic E-state index is 14.5. The summed E-state index contributed by atoms with van der Waals surface area (Å²) in [6.07, 6.45) is 1.17. The number of aliphatic hydroxyl groups is 1. The van der Waals surface area contributed by atoms with Crippen LogP contribution in [-0.2, 0) is 19.1 Å². The lowest BCUT2D eigenvalue weighted by Crippen LogP contribution is -2.57. The minimum atomic E-state index is -1.20. The van der Waals surface area contributed by atoms with Crippen LogP contribution in [0.25, 0.3) is 10.8 Å². The minimum Gasteiger partial charge on any atom is -0.394 e. The number of hydrogen-bond acceptors (Lipinski definition) is 5. The monoisotopic (exact) mass is 569 g/mol. The molecule has 6 rings (SSSR count). The lowest BCUT2D eigenvalue weighted by atomic mass is 9.62. The Morgan fingerprint density at radius 3 is 2.36 bits per heavy atom. The van der Waals surface area contributed by atoms with E-state index >= 15 is 0 Å². The van der Waals surface area contributed by atoms with Crippen molar-refractivity contribution in [2.75, 3.05) is 17.2 Å². The van der Waals surface area contributed by atoms with Crippen molar-refractivity contribution in [3.63, 3.8) is 0 Å². The molecule has 8 atom stereocenters. The Kier molecular flexibility index (Phi) is 7.10. The van der Waals surface area contributed by atoms with Crippen LogP contribution in [0.4, 0.5) is 11.4 Å². The average molecular weight is 570 g/mol. The highest BCUT2D eigenvalue weighted by atomic mass is 16.5. The molecule has 8 nitrogen and oxygen atoms in total. The van der Waals surface area contributed by atoms with Gasteiger partial charge in [0.25, 0.3) is 0 Å². The molecule has 2 bridgehead atoms. The van der Waals surface area contributed by atoms with Gasteiger partial charge in [-0.1, -0.05) is 75.7 Å². The lowest BCUT2D eigenvalue weighted by Gasteiger charge is -2.39. The molecule has 0 aliphatic carbocycles. The van der Waals surface area contributed by atoms with E-state index in [4.69, 9.17) is 4.74 Å². The number of carbonyl (C=O) groups is 3. The van der Waals surface area contributed by atoms with E-state index in [1.165, 1.54) is 0 Å². The molecule has 3 fully saturated rings.